The molecule has 2 fully saturated rings. The van der Waals surface area contributed by atoms with Gasteiger partial charge in [0.15, 0.2) is 0 Å². The fourth-order valence-corrected chi connectivity index (χ4v) is 2.67. The lowest BCUT2D eigenvalue weighted by Crippen LogP contribution is -2.59. The van der Waals surface area contributed by atoms with Gasteiger partial charge < -0.3 is 16.0 Å². The number of nitrogens with one attached hydrogen (secondary N) is 2. The van der Waals surface area contributed by atoms with E-state index < -0.39 is 11.6 Å². The van der Waals surface area contributed by atoms with Crippen molar-refractivity contribution >= 4 is 17.8 Å². The molecule has 0 aromatic carbocycles. The van der Waals surface area contributed by atoms with E-state index in [1.165, 1.54) is 0 Å². The highest BCUT2D eigenvalue weighted by Gasteiger charge is 2.49. The zero-order valence-electron chi connectivity index (χ0n) is 12.0. The normalized spacial score (nSPS) is 26.6. The van der Waals surface area contributed by atoms with E-state index in [2.05, 4.69) is 10.6 Å². The quantitative estimate of drug-likeness (QED) is 0.618. The van der Waals surface area contributed by atoms with Crippen LogP contribution >= 0.6 is 0 Å². The molecule has 2 rings (SSSR count). The molecule has 0 bridgehead atoms. The first-order valence-corrected chi connectivity index (χ1v) is 6.92. The molecule has 2 saturated heterocycles. The maximum Gasteiger partial charge on any atom is 0.322 e. The molecule has 2 aliphatic heterocycles. The van der Waals surface area contributed by atoms with Crippen LogP contribution < -0.4 is 16.4 Å². The van der Waals surface area contributed by atoms with Crippen LogP contribution in [0, 0.1) is 0 Å². The van der Waals surface area contributed by atoms with Crippen molar-refractivity contribution in [2.75, 3.05) is 13.1 Å². The van der Waals surface area contributed by atoms with Crippen LogP contribution in [-0.2, 0) is 9.59 Å². The lowest BCUT2D eigenvalue weighted by atomic mass is 9.88. The van der Waals surface area contributed by atoms with E-state index >= 15 is 0 Å². The number of likely N-dealkylation sites (tertiary alicyclic amines) is 1. The van der Waals surface area contributed by atoms with Crippen LogP contribution in [0.2, 0.25) is 0 Å². The molecule has 0 radical (unpaired) electrons. The van der Waals surface area contributed by atoms with Crippen molar-refractivity contribution in [2.45, 2.75) is 50.6 Å². The van der Waals surface area contributed by atoms with Gasteiger partial charge in [0.1, 0.15) is 5.54 Å². The molecule has 4 N–H and O–H groups in total. The third-order valence-corrected chi connectivity index (χ3v) is 3.84. The Morgan fingerprint density at radius 2 is 2.15 bits per heavy atom. The maximum absolute atomic E-state index is 12.2. The number of urea groups is 1. The smallest absolute Gasteiger partial charge is 0.322 e. The van der Waals surface area contributed by atoms with Gasteiger partial charge in [-0.25, -0.2) is 4.79 Å². The molecule has 0 aromatic heterocycles. The minimum atomic E-state index is -0.941. The SMILES string of the molecule is CC(C)(N)CCC(=O)N1CCCC2(C1)NC(=O)NC2=O. The summed E-state index contributed by atoms with van der Waals surface area (Å²) in [4.78, 5) is 37.0. The molecular formula is C13H22N4O3. The number of hydrogen-bond donors (Lipinski definition) is 3. The van der Waals surface area contributed by atoms with E-state index in [0.717, 1.165) is 0 Å². The Morgan fingerprint density at radius 3 is 2.70 bits per heavy atom. The summed E-state index contributed by atoms with van der Waals surface area (Å²) in [6.45, 7) is 4.62. The minimum Gasteiger partial charge on any atom is -0.340 e. The number of piperidine rings is 1. The fraction of sp³-hybridized carbons (Fsp3) is 0.769. The average Bonchev–Trinajstić information content (AvgIpc) is 2.60. The second-order valence-corrected chi connectivity index (χ2v) is 6.40. The van der Waals surface area contributed by atoms with E-state index in [9.17, 15) is 14.4 Å². The van der Waals surface area contributed by atoms with Gasteiger partial charge in [-0.2, -0.15) is 0 Å². The molecule has 112 valence electrons. The summed E-state index contributed by atoms with van der Waals surface area (Å²) in [6.07, 6.45) is 2.21. The number of hydrogen-bond acceptors (Lipinski definition) is 4. The van der Waals surface area contributed by atoms with E-state index in [1.54, 1.807) is 4.90 Å². The van der Waals surface area contributed by atoms with E-state index in [4.69, 9.17) is 5.73 Å². The third kappa shape index (κ3) is 3.09. The summed E-state index contributed by atoms with van der Waals surface area (Å²) in [6, 6.07) is -0.479. The molecule has 1 atom stereocenters. The van der Waals surface area contributed by atoms with Gasteiger partial charge in [0.25, 0.3) is 5.91 Å². The van der Waals surface area contributed by atoms with E-state index in [1.807, 2.05) is 13.8 Å². The molecule has 2 aliphatic rings. The van der Waals surface area contributed by atoms with Gasteiger partial charge in [0.2, 0.25) is 5.91 Å². The molecule has 2 heterocycles. The highest BCUT2D eigenvalue weighted by molar-refractivity contribution is 6.07. The van der Waals surface area contributed by atoms with Crippen molar-refractivity contribution in [3.63, 3.8) is 0 Å². The lowest BCUT2D eigenvalue weighted by molar-refractivity contribution is -0.136. The van der Waals surface area contributed by atoms with E-state index in [0.29, 0.717) is 32.2 Å². The molecule has 1 spiro atoms. The van der Waals surface area contributed by atoms with Crippen molar-refractivity contribution in [2.24, 2.45) is 5.73 Å². The monoisotopic (exact) mass is 282 g/mol. The predicted octanol–water partition coefficient (Wildman–Crippen LogP) is -0.295. The number of imide groups is 1. The molecule has 7 heteroatoms. The minimum absolute atomic E-state index is 0.0171. The first-order chi connectivity index (χ1) is 9.22. The number of carbonyl (C=O) groups excluding carboxylic acids is 3. The number of carbonyl (C=O) groups is 3. The zero-order chi connectivity index (χ0) is 15.0. The summed E-state index contributed by atoms with van der Waals surface area (Å²) in [5.41, 5.74) is 4.55. The Labute approximate surface area is 118 Å². The first-order valence-electron chi connectivity index (χ1n) is 6.92. The van der Waals surface area contributed by atoms with Crippen LogP contribution in [0.3, 0.4) is 0 Å². The van der Waals surface area contributed by atoms with Crippen LogP contribution in [0.25, 0.3) is 0 Å². The van der Waals surface area contributed by atoms with Crippen LogP contribution in [-0.4, -0.2) is 46.9 Å². The first kappa shape index (κ1) is 14.8. The van der Waals surface area contributed by atoms with Crippen LogP contribution in [0.4, 0.5) is 4.79 Å². The number of amides is 4. The van der Waals surface area contributed by atoms with Crippen molar-refractivity contribution in [3.05, 3.63) is 0 Å². The number of nitrogens with zero attached hydrogens (tertiary/aromatic N) is 1. The van der Waals surface area contributed by atoms with E-state index in [-0.39, 0.29) is 23.9 Å². The summed E-state index contributed by atoms with van der Waals surface area (Å²) >= 11 is 0. The van der Waals surface area contributed by atoms with Crippen LogP contribution in [0.1, 0.15) is 39.5 Å². The Kier molecular flexibility index (Phi) is 3.73. The standard InChI is InChI=1S/C13H22N4O3/c1-12(2,14)6-4-9(18)17-7-3-5-13(8-17)10(19)15-11(20)16-13/h3-8,14H2,1-2H3,(H2,15,16,19,20). The second kappa shape index (κ2) is 5.05. The lowest BCUT2D eigenvalue weighted by Gasteiger charge is -2.38. The Balaban J connectivity index is 1.99. The highest BCUT2D eigenvalue weighted by atomic mass is 16.2. The molecule has 0 saturated carbocycles. The summed E-state index contributed by atoms with van der Waals surface area (Å²) in [5.74, 6) is -0.351. The molecule has 7 nitrogen and oxygen atoms in total. The highest BCUT2D eigenvalue weighted by Crippen LogP contribution is 2.25. The van der Waals surface area contributed by atoms with Crippen LogP contribution in [0.5, 0.6) is 0 Å². The Morgan fingerprint density at radius 1 is 1.45 bits per heavy atom. The Bertz CT molecular complexity index is 443. The summed E-state index contributed by atoms with van der Waals surface area (Å²) < 4.78 is 0. The van der Waals surface area contributed by atoms with Crippen molar-refractivity contribution < 1.29 is 14.4 Å². The van der Waals surface area contributed by atoms with Crippen molar-refractivity contribution in [3.8, 4) is 0 Å². The average molecular weight is 282 g/mol. The largest absolute Gasteiger partial charge is 0.340 e. The van der Waals surface area contributed by atoms with Gasteiger partial charge in [-0.15, -0.1) is 0 Å². The molecule has 1 unspecified atom stereocenters. The second-order valence-electron chi connectivity index (χ2n) is 6.40. The molecule has 4 amide bonds. The summed E-state index contributed by atoms with van der Waals surface area (Å²) in [7, 11) is 0. The molecule has 0 aromatic rings. The van der Waals surface area contributed by atoms with Gasteiger partial charge >= 0.3 is 6.03 Å². The zero-order valence-corrected chi connectivity index (χ0v) is 12.0. The third-order valence-electron chi connectivity index (χ3n) is 3.84. The van der Waals surface area contributed by atoms with Crippen molar-refractivity contribution in [1.82, 2.24) is 15.5 Å². The van der Waals surface area contributed by atoms with Gasteiger partial charge in [-0.1, -0.05) is 0 Å². The molecule has 20 heavy (non-hydrogen) atoms. The molecule has 0 aliphatic carbocycles. The Hall–Kier alpha value is -1.63. The topological polar surface area (TPSA) is 105 Å². The number of nitrogens with two attached hydrogens (primary N) is 1. The van der Waals surface area contributed by atoms with Gasteiger partial charge in [0.05, 0.1) is 6.54 Å². The van der Waals surface area contributed by atoms with Gasteiger partial charge in [-0.3, -0.25) is 14.9 Å². The molecular weight excluding hydrogens is 260 g/mol. The van der Waals surface area contributed by atoms with Gasteiger partial charge in [0, 0.05) is 18.5 Å². The maximum atomic E-state index is 12.2. The van der Waals surface area contributed by atoms with Crippen molar-refractivity contribution in [1.29, 1.82) is 0 Å². The van der Waals surface area contributed by atoms with Crippen LogP contribution in [0.15, 0.2) is 0 Å². The van der Waals surface area contributed by atoms with Gasteiger partial charge in [-0.05, 0) is 33.1 Å². The predicted molar refractivity (Wildman–Crippen MR) is 72.7 cm³/mol. The number of rotatable bonds is 3. The fourth-order valence-electron chi connectivity index (χ4n) is 2.67. The summed E-state index contributed by atoms with van der Waals surface area (Å²) in [5, 5.41) is 4.90.